The van der Waals surface area contributed by atoms with E-state index in [0.717, 1.165) is 50.4 Å². The largest absolute Gasteiger partial charge is 0.492 e. The highest BCUT2D eigenvalue weighted by Gasteiger charge is 2.35. The minimum Gasteiger partial charge on any atom is -0.492 e. The van der Waals surface area contributed by atoms with Crippen molar-refractivity contribution in [3.8, 4) is 5.75 Å². The topological polar surface area (TPSA) is 79.4 Å². The molecule has 1 saturated heterocycles. The van der Waals surface area contributed by atoms with Gasteiger partial charge in [0.1, 0.15) is 15.9 Å². The Kier molecular flexibility index (Phi) is 5.05. The van der Waals surface area contributed by atoms with Crippen LogP contribution in [0, 0.1) is 11.7 Å². The Bertz CT molecular complexity index is 1280. The molecule has 9 heteroatoms. The summed E-state index contributed by atoms with van der Waals surface area (Å²) in [6.07, 6.45) is 2.88. The molecule has 1 aliphatic carbocycles. The molecule has 7 nitrogen and oxygen atoms in total. The van der Waals surface area contributed by atoms with Crippen LogP contribution in [0.2, 0.25) is 0 Å². The normalized spacial score (nSPS) is 20.1. The van der Waals surface area contributed by atoms with Gasteiger partial charge in [-0.25, -0.2) is 4.39 Å². The number of aromatic amines is 1. The molecule has 2 atom stereocenters. The molecular weight excluding hydrogens is 419 g/mol. The highest BCUT2D eigenvalue weighted by molar-refractivity contribution is 7.12. The van der Waals surface area contributed by atoms with Crippen molar-refractivity contribution in [2.24, 2.45) is 5.92 Å². The van der Waals surface area contributed by atoms with Gasteiger partial charge in [-0.3, -0.25) is 14.0 Å². The number of nitrogens with one attached hydrogen (secondary N) is 2. The number of pyridine rings is 1. The fourth-order valence-corrected chi connectivity index (χ4v) is 5.89. The molecule has 166 valence electrons. The summed E-state index contributed by atoms with van der Waals surface area (Å²) in [5.74, 6) is 0.313. The number of ether oxygens (including phenoxy) is 1. The minimum absolute atomic E-state index is 0.110. The van der Waals surface area contributed by atoms with Gasteiger partial charge in [0.25, 0.3) is 5.56 Å². The van der Waals surface area contributed by atoms with E-state index in [4.69, 9.17) is 4.74 Å². The summed E-state index contributed by atoms with van der Waals surface area (Å²) in [4.78, 5) is 28.1. The molecule has 2 fully saturated rings. The molecular formula is C22H27FN4O3S. The van der Waals surface area contributed by atoms with Crippen LogP contribution in [-0.2, 0) is 0 Å². The zero-order valence-corrected chi connectivity index (χ0v) is 18.8. The van der Waals surface area contributed by atoms with Gasteiger partial charge in [-0.1, -0.05) is 6.92 Å². The number of anilines is 1. The van der Waals surface area contributed by atoms with E-state index in [9.17, 15) is 9.59 Å². The lowest BCUT2D eigenvalue weighted by atomic mass is 10.0. The summed E-state index contributed by atoms with van der Waals surface area (Å²) in [6.45, 7) is 6.60. The first-order valence-corrected chi connectivity index (χ1v) is 11.7. The second kappa shape index (κ2) is 7.63. The standard InChI is InChI=1S/C22H27FN4O3S/c1-4-24-11(2)12-7-8-26(10-12)18-15(23)9-14-17(20(18)30-3)27(13-5-6-13)22-16(19(14)28)21(29)25-31-22/h9,11-13,24H,4-8,10H2,1-3H3,(H,25,29)/t11-,12?/m1/s1. The number of hydrogen-bond acceptors (Lipinski definition) is 6. The van der Waals surface area contributed by atoms with E-state index >= 15 is 4.39 Å². The number of rotatable bonds is 6. The van der Waals surface area contributed by atoms with Crippen LogP contribution < -0.4 is 25.9 Å². The number of hydrogen-bond donors (Lipinski definition) is 2. The van der Waals surface area contributed by atoms with Gasteiger partial charge < -0.3 is 19.5 Å². The zero-order valence-electron chi connectivity index (χ0n) is 18.0. The molecule has 2 aromatic heterocycles. The highest BCUT2D eigenvalue weighted by Crippen LogP contribution is 2.46. The van der Waals surface area contributed by atoms with E-state index in [-0.39, 0.29) is 16.8 Å². The predicted molar refractivity (Wildman–Crippen MR) is 122 cm³/mol. The summed E-state index contributed by atoms with van der Waals surface area (Å²) >= 11 is 1.16. The van der Waals surface area contributed by atoms with Crippen molar-refractivity contribution in [3.63, 3.8) is 0 Å². The van der Waals surface area contributed by atoms with Crippen molar-refractivity contribution >= 4 is 38.3 Å². The Morgan fingerprint density at radius 2 is 2.13 bits per heavy atom. The monoisotopic (exact) mass is 446 g/mol. The molecule has 0 spiro atoms. The van der Waals surface area contributed by atoms with Crippen LogP contribution >= 0.6 is 11.5 Å². The molecule has 5 rings (SSSR count). The van der Waals surface area contributed by atoms with E-state index in [1.165, 1.54) is 13.2 Å². The van der Waals surface area contributed by atoms with Crippen LogP contribution in [0.1, 0.15) is 39.2 Å². The number of halogens is 1. The van der Waals surface area contributed by atoms with E-state index in [0.29, 0.717) is 33.7 Å². The van der Waals surface area contributed by atoms with E-state index in [1.54, 1.807) is 0 Å². The van der Waals surface area contributed by atoms with Gasteiger partial charge in [0.15, 0.2) is 11.6 Å². The fourth-order valence-electron chi connectivity index (χ4n) is 4.97. The second-order valence-electron chi connectivity index (χ2n) is 8.62. The summed E-state index contributed by atoms with van der Waals surface area (Å²) in [6, 6.07) is 1.82. The van der Waals surface area contributed by atoms with Crippen LogP contribution in [0.5, 0.6) is 5.75 Å². The van der Waals surface area contributed by atoms with Gasteiger partial charge in [-0.15, -0.1) is 0 Å². The molecule has 1 saturated carbocycles. The lowest BCUT2D eigenvalue weighted by molar-refractivity contribution is 0.406. The van der Waals surface area contributed by atoms with Gasteiger partial charge in [-0.05, 0) is 56.2 Å². The van der Waals surface area contributed by atoms with E-state index in [1.807, 2.05) is 9.47 Å². The number of nitrogens with zero attached hydrogens (tertiary/aromatic N) is 2. The Labute approximate surface area is 183 Å². The van der Waals surface area contributed by atoms with Gasteiger partial charge in [0.05, 0.1) is 18.0 Å². The molecule has 31 heavy (non-hydrogen) atoms. The number of fused-ring (bicyclic) bond motifs is 2. The van der Waals surface area contributed by atoms with E-state index < -0.39 is 16.8 Å². The molecule has 2 aliphatic rings. The number of methoxy groups -OCH3 is 1. The maximum absolute atomic E-state index is 15.5. The third kappa shape index (κ3) is 3.17. The third-order valence-corrected chi connectivity index (χ3v) is 7.57. The SMILES string of the molecule is CCN[C@H](C)C1CCN(c2c(F)cc3c(=O)c4c(=O)[nH]sc4n(C4CC4)c3c2OC)C1. The molecule has 3 aromatic rings. The summed E-state index contributed by atoms with van der Waals surface area (Å²) in [5.41, 5.74) is 0.160. The van der Waals surface area contributed by atoms with Gasteiger partial charge in [-0.2, -0.15) is 0 Å². The molecule has 0 bridgehead atoms. The van der Waals surface area contributed by atoms with Crippen molar-refractivity contribution in [2.45, 2.75) is 45.2 Å². The summed E-state index contributed by atoms with van der Waals surface area (Å²) in [5, 5.41) is 3.78. The smallest absolute Gasteiger partial charge is 0.271 e. The molecule has 1 aliphatic heterocycles. The highest BCUT2D eigenvalue weighted by atomic mass is 32.1. The Morgan fingerprint density at radius 3 is 2.81 bits per heavy atom. The summed E-state index contributed by atoms with van der Waals surface area (Å²) < 4.78 is 26.0. The molecule has 0 radical (unpaired) electrons. The van der Waals surface area contributed by atoms with Crippen LogP contribution in [0.4, 0.5) is 10.1 Å². The van der Waals surface area contributed by atoms with Gasteiger partial charge >= 0.3 is 0 Å². The third-order valence-electron chi connectivity index (χ3n) is 6.69. The average molecular weight is 447 g/mol. The van der Waals surface area contributed by atoms with Crippen molar-refractivity contribution in [2.75, 3.05) is 31.6 Å². The Morgan fingerprint density at radius 1 is 1.35 bits per heavy atom. The Hall–Kier alpha value is -2.39. The lowest BCUT2D eigenvalue weighted by Crippen LogP contribution is -2.35. The van der Waals surface area contributed by atoms with Crippen molar-refractivity contribution in [1.29, 1.82) is 0 Å². The number of benzene rings is 1. The van der Waals surface area contributed by atoms with Gasteiger partial charge in [0, 0.05) is 25.2 Å². The molecule has 0 amide bonds. The maximum atomic E-state index is 15.5. The van der Waals surface area contributed by atoms with Gasteiger partial charge in [0.2, 0.25) is 5.43 Å². The average Bonchev–Trinajstić information content (AvgIpc) is 3.33. The first-order valence-electron chi connectivity index (χ1n) is 10.9. The number of aromatic nitrogens is 2. The Balaban J connectivity index is 1.74. The minimum atomic E-state index is -0.480. The van der Waals surface area contributed by atoms with Crippen LogP contribution in [0.3, 0.4) is 0 Å². The second-order valence-corrected chi connectivity index (χ2v) is 9.42. The van der Waals surface area contributed by atoms with Crippen molar-refractivity contribution in [1.82, 2.24) is 14.3 Å². The van der Waals surface area contributed by atoms with Crippen LogP contribution in [-0.4, -0.2) is 41.7 Å². The van der Waals surface area contributed by atoms with E-state index in [2.05, 4.69) is 23.5 Å². The lowest BCUT2D eigenvalue weighted by Gasteiger charge is -2.26. The summed E-state index contributed by atoms with van der Waals surface area (Å²) in [7, 11) is 1.53. The first-order chi connectivity index (χ1) is 15.0. The predicted octanol–water partition coefficient (Wildman–Crippen LogP) is 3.21. The molecule has 2 N–H and O–H groups in total. The fraction of sp³-hybridized carbons (Fsp3) is 0.545. The van der Waals surface area contributed by atoms with Crippen LogP contribution in [0.15, 0.2) is 15.7 Å². The maximum Gasteiger partial charge on any atom is 0.271 e. The number of H-pyrrole nitrogens is 1. The molecule has 1 aromatic carbocycles. The zero-order chi connectivity index (χ0) is 21.9. The molecule has 3 heterocycles. The van der Waals surface area contributed by atoms with Crippen molar-refractivity contribution < 1.29 is 9.13 Å². The molecule has 1 unspecified atom stereocenters. The quantitative estimate of drug-likeness (QED) is 0.608. The van der Waals surface area contributed by atoms with Crippen molar-refractivity contribution in [3.05, 3.63) is 32.5 Å². The first kappa shape index (κ1) is 20.5. The van der Waals surface area contributed by atoms with Crippen LogP contribution in [0.25, 0.3) is 21.1 Å².